The molecule has 0 amide bonds. The molecule has 0 saturated carbocycles. The number of hydrogen-bond donors (Lipinski definition) is 1. The van der Waals surface area contributed by atoms with E-state index in [4.69, 9.17) is 4.74 Å². The van der Waals surface area contributed by atoms with Gasteiger partial charge in [-0.05, 0) is 39.1 Å². The van der Waals surface area contributed by atoms with Gasteiger partial charge in [-0.2, -0.15) is 0 Å². The molecule has 1 N–H and O–H groups in total. The maximum Gasteiger partial charge on any atom is 0.337 e. The van der Waals surface area contributed by atoms with Gasteiger partial charge in [0.2, 0.25) is 0 Å². The van der Waals surface area contributed by atoms with Crippen molar-refractivity contribution < 1.29 is 9.53 Å². The van der Waals surface area contributed by atoms with Gasteiger partial charge in [0, 0.05) is 12.2 Å². The fourth-order valence-electron chi connectivity index (χ4n) is 1.57. The minimum atomic E-state index is -0.309. The van der Waals surface area contributed by atoms with Crippen molar-refractivity contribution in [2.24, 2.45) is 4.99 Å². The Labute approximate surface area is 96.1 Å². The van der Waals surface area contributed by atoms with E-state index in [1.807, 2.05) is 0 Å². The van der Waals surface area contributed by atoms with Crippen LogP contribution in [0.2, 0.25) is 0 Å². The third-order valence-corrected chi connectivity index (χ3v) is 2.48. The van der Waals surface area contributed by atoms with Crippen molar-refractivity contribution in [3.8, 4) is 0 Å². The first-order valence-electron chi connectivity index (χ1n) is 5.47. The second kappa shape index (κ2) is 6.95. The van der Waals surface area contributed by atoms with Gasteiger partial charge < -0.3 is 10.1 Å². The molecule has 0 aromatic rings. The molecule has 0 spiro atoms. The smallest absolute Gasteiger partial charge is 0.337 e. The highest BCUT2D eigenvalue weighted by atomic mass is 16.5. The highest BCUT2D eigenvalue weighted by Crippen LogP contribution is 2.07. The zero-order chi connectivity index (χ0) is 11.8. The van der Waals surface area contributed by atoms with E-state index < -0.39 is 0 Å². The highest BCUT2D eigenvalue weighted by molar-refractivity contribution is 5.91. The first-order chi connectivity index (χ1) is 7.77. The van der Waals surface area contributed by atoms with Crippen LogP contribution in [0.15, 0.2) is 28.9 Å². The summed E-state index contributed by atoms with van der Waals surface area (Å²) in [5, 5.41) is 3.27. The van der Waals surface area contributed by atoms with Crippen molar-refractivity contribution in [3.63, 3.8) is 0 Å². The molecule has 1 saturated heterocycles. The third kappa shape index (κ3) is 3.98. The van der Waals surface area contributed by atoms with Crippen molar-refractivity contribution >= 4 is 12.7 Å². The van der Waals surface area contributed by atoms with Gasteiger partial charge in [0.1, 0.15) is 6.61 Å². The fraction of sp³-hybridized carbons (Fsp3) is 0.500. The Morgan fingerprint density at radius 1 is 1.69 bits per heavy atom. The number of rotatable bonds is 5. The molecule has 4 heteroatoms. The van der Waals surface area contributed by atoms with Crippen LogP contribution in [-0.4, -0.2) is 31.9 Å². The minimum Gasteiger partial charge on any atom is -0.460 e. The van der Waals surface area contributed by atoms with Crippen LogP contribution in [0.1, 0.15) is 19.8 Å². The zero-order valence-corrected chi connectivity index (χ0v) is 9.61. The topological polar surface area (TPSA) is 50.7 Å². The van der Waals surface area contributed by atoms with Crippen LogP contribution in [0.4, 0.5) is 0 Å². The Kier molecular flexibility index (Phi) is 5.50. The van der Waals surface area contributed by atoms with Gasteiger partial charge in [0.15, 0.2) is 0 Å². The average molecular weight is 222 g/mol. The Bertz CT molecular complexity index is 302. The van der Waals surface area contributed by atoms with Crippen LogP contribution in [0, 0.1) is 0 Å². The van der Waals surface area contributed by atoms with Gasteiger partial charge >= 0.3 is 5.97 Å². The summed E-state index contributed by atoms with van der Waals surface area (Å²) in [6, 6.07) is 0.309. The number of nitrogens with one attached hydrogen (secondary N) is 1. The van der Waals surface area contributed by atoms with E-state index in [0.717, 1.165) is 19.4 Å². The van der Waals surface area contributed by atoms with E-state index in [-0.39, 0.29) is 5.97 Å². The van der Waals surface area contributed by atoms with Crippen LogP contribution < -0.4 is 5.32 Å². The van der Waals surface area contributed by atoms with Gasteiger partial charge in [0.05, 0.1) is 5.57 Å². The lowest BCUT2D eigenvalue weighted by Gasteiger charge is -2.10. The predicted molar refractivity (Wildman–Crippen MR) is 64.4 cm³/mol. The van der Waals surface area contributed by atoms with Gasteiger partial charge in [-0.15, -0.1) is 0 Å². The van der Waals surface area contributed by atoms with Gasteiger partial charge in [-0.1, -0.05) is 6.08 Å². The van der Waals surface area contributed by atoms with Crippen LogP contribution in [0.3, 0.4) is 0 Å². The van der Waals surface area contributed by atoms with Crippen LogP contribution >= 0.6 is 0 Å². The molecule has 4 nitrogen and oxygen atoms in total. The number of carbonyl (C=O) groups is 1. The van der Waals surface area contributed by atoms with E-state index in [9.17, 15) is 4.79 Å². The Morgan fingerprint density at radius 3 is 3.06 bits per heavy atom. The highest BCUT2D eigenvalue weighted by Gasteiger charge is 2.16. The molecule has 0 radical (unpaired) electrons. The fourth-order valence-corrected chi connectivity index (χ4v) is 1.57. The van der Waals surface area contributed by atoms with Gasteiger partial charge in [0.25, 0.3) is 0 Å². The summed E-state index contributed by atoms with van der Waals surface area (Å²) in [6.45, 7) is 6.55. The average Bonchev–Trinajstić information content (AvgIpc) is 2.80. The second-order valence-corrected chi connectivity index (χ2v) is 3.63. The molecule has 1 aliphatic heterocycles. The predicted octanol–water partition coefficient (Wildman–Crippen LogP) is 1.44. The molecular formula is C12H18N2O2. The summed E-state index contributed by atoms with van der Waals surface area (Å²) in [4.78, 5) is 15.2. The number of aliphatic imine (C=N–C) groups is 1. The number of esters is 1. The van der Waals surface area contributed by atoms with E-state index in [0.29, 0.717) is 18.2 Å². The number of carbonyl (C=O) groups excluding carboxylic acids is 1. The quantitative estimate of drug-likeness (QED) is 0.331. The van der Waals surface area contributed by atoms with Crippen LogP contribution in [-0.2, 0) is 9.53 Å². The van der Waals surface area contributed by atoms with Gasteiger partial charge in [-0.25, -0.2) is 4.79 Å². The first kappa shape index (κ1) is 12.6. The normalized spacial score (nSPS) is 21.3. The molecule has 1 atom stereocenters. The monoisotopic (exact) mass is 222 g/mol. The van der Waals surface area contributed by atoms with Crippen molar-refractivity contribution in [3.05, 3.63) is 23.9 Å². The lowest BCUT2D eigenvalue weighted by atomic mass is 10.2. The Hall–Kier alpha value is -1.42. The third-order valence-electron chi connectivity index (χ3n) is 2.48. The largest absolute Gasteiger partial charge is 0.460 e. The second-order valence-electron chi connectivity index (χ2n) is 3.63. The summed E-state index contributed by atoms with van der Waals surface area (Å²) < 4.78 is 5.19. The molecule has 88 valence electrons. The van der Waals surface area contributed by atoms with E-state index >= 15 is 0 Å². The molecule has 0 aromatic heterocycles. The summed E-state index contributed by atoms with van der Waals surface area (Å²) >= 11 is 0. The standard InChI is InChI=1S/C12H18N2O2/c1-3-10(6-8-13-2)12(15)16-9-11-5-4-7-14-11/h3,6,8,11,14H,2,4-5,7,9H2,1H3/b8-6-,10-3+. The summed E-state index contributed by atoms with van der Waals surface area (Å²) in [5.41, 5.74) is 0.505. The molecule has 1 unspecified atom stereocenters. The van der Waals surface area contributed by atoms with Crippen molar-refractivity contribution in [1.29, 1.82) is 0 Å². The first-order valence-corrected chi connectivity index (χ1v) is 5.47. The Morgan fingerprint density at radius 2 is 2.50 bits per heavy atom. The summed E-state index contributed by atoms with van der Waals surface area (Å²) in [5.74, 6) is -0.309. The number of ether oxygens (including phenoxy) is 1. The Balaban J connectivity index is 2.37. The van der Waals surface area contributed by atoms with E-state index in [1.165, 1.54) is 6.20 Å². The minimum absolute atomic E-state index is 0.309. The van der Waals surface area contributed by atoms with Gasteiger partial charge in [-0.3, -0.25) is 4.99 Å². The number of nitrogens with zero attached hydrogens (tertiary/aromatic N) is 1. The molecule has 0 aromatic carbocycles. The van der Waals surface area contributed by atoms with Crippen molar-refractivity contribution in [1.82, 2.24) is 5.32 Å². The van der Waals surface area contributed by atoms with E-state index in [2.05, 4.69) is 17.0 Å². The lowest BCUT2D eigenvalue weighted by molar-refractivity contribution is -0.139. The van der Waals surface area contributed by atoms with Crippen molar-refractivity contribution in [2.75, 3.05) is 13.2 Å². The maximum atomic E-state index is 11.6. The number of allylic oxidation sites excluding steroid dienone is 1. The molecule has 1 fully saturated rings. The molecule has 0 bridgehead atoms. The number of hydrogen-bond acceptors (Lipinski definition) is 4. The zero-order valence-electron chi connectivity index (χ0n) is 9.61. The molecule has 1 aliphatic rings. The van der Waals surface area contributed by atoms with Crippen molar-refractivity contribution in [2.45, 2.75) is 25.8 Å². The molecule has 0 aliphatic carbocycles. The SMILES string of the molecule is C=N/C=C\C(=C/C)C(=O)OCC1CCCN1. The molecular weight excluding hydrogens is 204 g/mol. The molecule has 1 rings (SSSR count). The summed E-state index contributed by atoms with van der Waals surface area (Å²) in [7, 11) is 0. The van der Waals surface area contributed by atoms with E-state index in [1.54, 1.807) is 19.1 Å². The lowest BCUT2D eigenvalue weighted by Crippen LogP contribution is -2.28. The van der Waals surface area contributed by atoms with Crippen LogP contribution in [0.25, 0.3) is 0 Å². The van der Waals surface area contributed by atoms with Crippen LogP contribution in [0.5, 0.6) is 0 Å². The molecule has 16 heavy (non-hydrogen) atoms. The summed E-state index contributed by atoms with van der Waals surface area (Å²) in [6.07, 6.45) is 7.00. The molecule has 1 heterocycles. The maximum absolute atomic E-state index is 11.6.